The third-order valence-electron chi connectivity index (χ3n) is 4.03. The number of hydrogen-bond donors (Lipinski definition) is 3. The summed E-state index contributed by atoms with van der Waals surface area (Å²) in [5, 5.41) is 18.2. The number of aryl methyl sites for hydroxylation is 2. The van der Waals surface area contributed by atoms with Gasteiger partial charge in [-0.15, -0.1) is 11.3 Å². The number of nitrogens with one attached hydrogen (secondary N) is 3. The lowest BCUT2D eigenvalue weighted by molar-refractivity contribution is -0.265. The maximum absolute atomic E-state index is 14.5. The molecule has 5 amide bonds. The molecule has 0 unspecified atom stereocenters. The number of hydrazine groups is 1. The summed E-state index contributed by atoms with van der Waals surface area (Å²) in [5.74, 6) is -0.781. The van der Waals surface area contributed by atoms with E-state index >= 15 is 0 Å². The van der Waals surface area contributed by atoms with Crippen LogP contribution in [0.2, 0.25) is 0 Å². The number of halogens is 1. The van der Waals surface area contributed by atoms with Gasteiger partial charge >= 0.3 is 12.1 Å². The van der Waals surface area contributed by atoms with Gasteiger partial charge in [0, 0.05) is 24.4 Å². The summed E-state index contributed by atoms with van der Waals surface area (Å²) >= 11 is 1.30. The molecule has 0 aliphatic rings. The minimum absolute atomic E-state index is 0.115. The number of carboxylic acid groups (broad SMARTS) is 1. The van der Waals surface area contributed by atoms with Crippen molar-refractivity contribution in [3.05, 3.63) is 46.2 Å². The van der Waals surface area contributed by atoms with Crippen molar-refractivity contribution in [2.24, 2.45) is 0 Å². The van der Waals surface area contributed by atoms with Gasteiger partial charge in [-0.25, -0.2) is 24.4 Å². The van der Waals surface area contributed by atoms with E-state index in [1.165, 1.54) is 51.2 Å². The highest BCUT2D eigenvalue weighted by Gasteiger charge is 2.24. The zero-order valence-corrected chi connectivity index (χ0v) is 19.9. The average Bonchev–Trinajstić information content (AvgIpc) is 3.14. The summed E-state index contributed by atoms with van der Waals surface area (Å²) in [6.45, 7) is 5.68. The molecule has 1 aromatic carbocycles. The number of urea groups is 1. The fourth-order valence-corrected chi connectivity index (χ4v) is 3.37. The van der Waals surface area contributed by atoms with Gasteiger partial charge < -0.3 is 25.3 Å². The Kier molecular flexibility index (Phi) is 8.90. The first-order chi connectivity index (χ1) is 15.8. The molecule has 0 saturated heterocycles. The number of rotatable bonds is 6. The van der Waals surface area contributed by atoms with Gasteiger partial charge in [-0.1, -0.05) is 12.1 Å². The van der Waals surface area contributed by atoms with Crippen molar-refractivity contribution < 1.29 is 33.4 Å². The average molecular weight is 495 g/mol. The normalized spacial score (nSPS) is 10.9. The van der Waals surface area contributed by atoms with Crippen molar-refractivity contribution in [3.63, 3.8) is 0 Å². The molecule has 0 aliphatic carbocycles. The molecular weight excluding hydrogens is 469 g/mol. The molecule has 0 saturated carbocycles. The van der Waals surface area contributed by atoms with Crippen LogP contribution >= 0.6 is 11.3 Å². The van der Waals surface area contributed by atoms with Gasteiger partial charge in [0.05, 0.1) is 5.69 Å². The van der Waals surface area contributed by atoms with Crippen molar-refractivity contribution in [2.75, 3.05) is 5.32 Å². The summed E-state index contributed by atoms with van der Waals surface area (Å²) < 4.78 is 19.3. The maximum Gasteiger partial charge on any atom is 0.435 e. The van der Waals surface area contributed by atoms with E-state index in [9.17, 15) is 28.7 Å². The van der Waals surface area contributed by atoms with E-state index in [0.29, 0.717) is 23.5 Å². The Labute approximate surface area is 199 Å². The Morgan fingerprint density at radius 2 is 1.91 bits per heavy atom. The van der Waals surface area contributed by atoms with Gasteiger partial charge in [-0.2, -0.15) is 5.01 Å². The molecule has 11 nitrogen and oxygen atoms in total. The molecule has 0 bridgehead atoms. The zero-order chi connectivity index (χ0) is 25.5. The first kappa shape index (κ1) is 26.5. The molecule has 2 aromatic rings. The van der Waals surface area contributed by atoms with Crippen molar-refractivity contribution in [1.29, 1.82) is 0 Å². The first-order valence-corrected chi connectivity index (χ1v) is 11.0. The quantitative estimate of drug-likeness (QED) is 0.521. The van der Waals surface area contributed by atoms with E-state index in [0.717, 1.165) is 5.69 Å². The van der Waals surface area contributed by atoms with Crippen molar-refractivity contribution in [1.82, 2.24) is 20.7 Å². The molecule has 13 heteroatoms. The van der Waals surface area contributed by atoms with E-state index in [1.807, 2.05) is 5.38 Å². The Morgan fingerprint density at radius 3 is 2.50 bits per heavy atom. The Balaban J connectivity index is 1.89. The van der Waals surface area contributed by atoms with Crippen LogP contribution in [0.25, 0.3) is 0 Å². The lowest BCUT2D eigenvalue weighted by Crippen LogP contribution is -2.58. The third-order valence-corrected chi connectivity index (χ3v) is 4.84. The zero-order valence-electron chi connectivity index (χ0n) is 19.1. The summed E-state index contributed by atoms with van der Waals surface area (Å²) in [6, 6.07) is 3.42. The van der Waals surface area contributed by atoms with Crippen LogP contribution in [-0.2, 0) is 28.9 Å². The number of hydrogen-bond acceptors (Lipinski definition) is 8. The number of carbonyl (C=O) groups excluding carboxylic acids is 4. The van der Waals surface area contributed by atoms with E-state index in [1.54, 1.807) is 11.5 Å². The van der Waals surface area contributed by atoms with Gasteiger partial charge in [0.2, 0.25) is 5.91 Å². The van der Waals surface area contributed by atoms with E-state index in [4.69, 9.17) is 4.74 Å². The van der Waals surface area contributed by atoms with Gasteiger partial charge in [-0.05, 0) is 45.2 Å². The second kappa shape index (κ2) is 11.4. The fourth-order valence-electron chi connectivity index (χ4n) is 2.58. The summed E-state index contributed by atoms with van der Waals surface area (Å²) in [4.78, 5) is 50.3. The third kappa shape index (κ3) is 8.65. The maximum atomic E-state index is 14.5. The minimum Gasteiger partial charge on any atom is -0.528 e. The van der Waals surface area contributed by atoms with E-state index in [2.05, 4.69) is 15.6 Å². The van der Waals surface area contributed by atoms with Crippen LogP contribution in [0, 0.1) is 5.82 Å². The SMILES string of the molecule is CC(=O)Nc1nc(CCc2ccc(CNC(=O)NN(C(=O)[O-])C(=O)OC(C)(C)C)c(F)c2)cs1. The van der Waals surface area contributed by atoms with Crippen LogP contribution in [0.5, 0.6) is 0 Å². The summed E-state index contributed by atoms with van der Waals surface area (Å²) in [5.41, 5.74) is 2.40. The topological polar surface area (TPSA) is 153 Å². The number of anilines is 1. The van der Waals surface area contributed by atoms with Crippen molar-refractivity contribution in [2.45, 2.75) is 52.7 Å². The van der Waals surface area contributed by atoms with Gasteiger partial charge in [-0.3, -0.25) is 4.79 Å². The highest BCUT2D eigenvalue weighted by molar-refractivity contribution is 7.13. The molecule has 2 rings (SSSR count). The molecule has 1 aromatic heterocycles. The van der Waals surface area contributed by atoms with Crippen LogP contribution in [0.1, 0.15) is 44.5 Å². The standard InChI is InChI=1S/C21H26FN5O6S/c1-12(28)24-18-25-15(11-34-18)8-6-13-5-7-14(16(22)9-13)10-23-17(29)26-27(19(30)31)20(32)33-21(2,3)4/h5,7,9,11H,6,8,10H2,1-4H3,(H,30,31)(H2,23,26,29)(H,24,25,28)/p-1. The fraction of sp³-hybridized carbons (Fsp3) is 0.381. The molecule has 0 fully saturated rings. The van der Waals surface area contributed by atoms with Gasteiger partial charge in [0.25, 0.3) is 0 Å². The van der Waals surface area contributed by atoms with Crippen molar-refractivity contribution in [3.8, 4) is 0 Å². The molecular formula is C21H25FN5O6S-. The highest BCUT2D eigenvalue weighted by atomic mass is 32.1. The predicted octanol–water partition coefficient (Wildman–Crippen LogP) is 2.32. The summed E-state index contributed by atoms with van der Waals surface area (Å²) in [6.07, 6.45) is -2.30. The number of nitrogens with zero attached hydrogens (tertiary/aromatic N) is 2. The molecule has 0 aliphatic heterocycles. The number of ether oxygens (including phenoxy) is 1. The highest BCUT2D eigenvalue weighted by Crippen LogP contribution is 2.18. The lowest BCUT2D eigenvalue weighted by atomic mass is 10.1. The molecule has 34 heavy (non-hydrogen) atoms. The number of benzene rings is 1. The van der Waals surface area contributed by atoms with Gasteiger partial charge in [0.1, 0.15) is 11.4 Å². The number of amides is 5. The molecule has 1 heterocycles. The first-order valence-electron chi connectivity index (χ1n) is 10.1. The number of thiazole rings is 1. The van der Waals surface area contributed by atoms with Crippen LogP contribution in [0.15, 0.2) is 23.6 Å². The number of carbonyl (C=O) groups is 4. The van der Waals surface area contributed by atoms with Crippen LogP contribution in [-0.4, -0.2) is 39.7 Å². The molecule has 184 valence electrons. The van der Waals surface area contributed by atoms with Crippen LogP contribution < -0.4 is 21.2 Å². The lowest BCUT2D eigenvalue weighted by Gasteiger charge is -2.27. The monoisotopic (exact) mass is 494 g/mol. The van der Waals surface area contributed by atoms with E-state index < -0.39 is 29.6 Å². The van der Waals surface area contributed by atoms with Crippen molar-refractivity contribution >= 4 is 40.6 Å². The Bertz CT molecular complexity index is 1070. The molecule has 0 atom stereocenters. The molecule has 0 spiro atoms. The Hall–Kier alpha value is -3.74. The van der Waals surface area contributed by atoms with Crippen LogP contribution in [0.4, 0.5) is 23.9 Å². The number of imide groups is 1. The number of aromatic nitrogens is 1. The van der Waals surface area contributed by atoms with E-state index in [-0.39, 0.29) is 23.0 Å². The predicted molar refractivity (Wildman–Crippen MR) is 119 cm³/mol. The minimum atomic E-state index is -2.00. The summed E-state index contributed by atoms with van der Waals surface area (Å²) in [7, 11) is 0. The second-order valence-corrected chi connectivity index (χ2v) is 8.99. The van der Waals surface area contributed by atoms with Gasteiger partial charge in [0.15, 0.2) is 11.2 Å². The molecule has 3 N–H and O–H groups in total. The molecule has 0 radical (unpaired) electrons. The smallest absolute Gasteiger partial charge is 0.435 e. The largest absolute Gasteiger partial charge is 0.528 e. The van der Waals surface area contributed by atoms with Crippen LogP contribution in [0.3, 0.4) is 0 Å². The second-order valence-electron chi connectivity index (χ2n) is 8.13. The Morgan fingerprint density at radius 1 is 1.21 bits per heavy atom.